The number of hydrogen-bond donors (Lipinski definition) is 1. The van der Waals surface area contributed by atoms with Crippen molar-refractivity contribution in [3.63, 3.8) is 0 Å². The Morgan fingerprint density at radius 2 is 1.81 bits per heavy atom. The van der Waals surface area contributed by atoms with Gasteiger partial charge in [0.25, 0.3) is 0 Å². The highest BCUT2D eigenvalue weighted by molar-refractivity contribution is 5.86. The first-order chi connectivity index (χ1) is 13.3. The van der Waals surface area contributed by atoms with Crippen LogP contribution in [0.1, 0.15) is 12.8 Å². The van der Waals surface area contributed by atoms with Gasteiger partial charge in [-0.25, -0.2) is 9.97 Å². The third-order valence-electron chi connectivity index (χ3n) is 5.85. The van der Waals surface area contributed by atoms with Crippen molar-refractivity contribution in [2.45, 2.75) is 25.0 Å². The summed E-state index contributed by atoms with van der Waals surface area (Å²) in [7, 11) is 0. The monoisotopic (exact) mass is 360 g/mol. The van der Waals surface area contributed by atoms with E-state index >= 15 is 0 Å². The van der Waals surface area contributed by atoms with Crippen LogP contribution in [-0.4, -0.2) is 58.3 Å². The molecule has 0 unspecified atom stereocenters. The van der Waals surface area contributed by atoms with Gasteiger partial charge in [-0.1, -0.05) is 36.4 Å². The molecule has 0 bridgehead atoms. The molecular weight excluding hydrogens is 336 g/mol. The van der Waals surface area contributed by atoms with E-state index in [1.807, 2.05) is 12.3 Å². The minimum atomic E-state index is -0.161. The van der Waals surface area contributed by atoms with E-state index in [0.29, 0.717) is 6.04 Å². The van der Waals surface area contributed by atoms with E-state index in [9.17, 15) is 5.11 Å². The second kappa shape index (κ2) is 6.91. The van der Waals surface area contributed by atoms with Crippen molar-refractivity contribution in [1.29, 1.82) is 0 Å². The third kappa shape index (κ3) is 3.29. The smallest absolute Gasteiger partial charge is 0.225 e. The fourth-order valence-corrected chi connectivity index (χ4v) is 4.33. The SMILES string of the molecule is O[C@@H]1CCN([C@H]2CCN(c3nccc(-c4ccc5ccccc5c4)n3)C2)C1. The molecule has 1 aromatic heterocycles. The van der Waals surface area contributed by atoms with Gasteiger partial charge in [-0.2, -0.15) is 0 Å². The Bertz CT molecular complexity index is 960. The van der Waals surface area contributed by atoms with Crippen LogP contribution >= 0.6 is 0 Å². The van der Waals surface area contributed by atoms with Crippen molar-refractivity contribution in [1.82, 2.24) is 14.9 Å². The van der Waals surface area contributed by atoms with Gasteiger partial charge < -0.3 is 10.0 Å². The van der Waals surface area contributed by atoms with E-state index < -0.39 is 0 Å². The van der Waals surface area contributed by atoms with Crippen LogP contribution in [0.3, 0.4) is 0 Å². The van der Waals surface area contributed by atoms with Crippen LogP contribution in [0.4, 0.5) is 5.95 Å². The van der Waals surface area contributed by atoms with E-state index in [2.05, 4.69) is 57.2 Å². The molecule has 27 heavy (non-hydrogen) atoms. The molecule has 3 heterocycles. The van der Waals surface area contributed by atoms with Gasteiger partial charge in [0.1, 0.15) is 0 Å². The summed E-state index contributed by atoms with van der Waals surface area (Å²) in [6.45, 7) is 3.71. The maximum atomic E-state index is 9.80. The van der Waals surface area contributed by atoms with Crippen molar-refractivity contribution < 1.29 is 5.11 Å². The number of benzene rings is 2. The summed E-state index contributed by atoms with van der Waals surface area (Å²) in [4.78, 5) is 14.1. The first-order valence-corrected chi connectivity index (χ1v) is 9.75. The molecule has 2 aromatic carbocycles. The van der Waals surface area contributed by atoms with Crippen LogP contribution in [0.5, 0.6) is 0 Å². The molecule has 2 aliphatic heterocycles. The lowest BCUT2D eigenvalue weighted by molar-refractivity contribution is 0.163. The van der Waals surface area contributed by atoms with E-state index in [0.717, 1.165) is 56.2 Å². The molecule has 5 heteroatoms. The van der Waals surface area contributed by atoms with Gasteiger partial charge >= 0.3 is 0 Å². The molecule has 1 N–H and O–H groups in total. The fourth-order valence-electron chi connectivity index (χ4n) is 4.33. The number of hydrogen-bond acceptors (Lipinski definition) is 5. The maximum absolute atomic E-state index is 9.80. The molecule has 5 nitrogen and oxygen atoms in total. The van der Waals surface area contributed by atoms with Crippen molar-refractivity contribution >= 4 is 16.7 Å². The molecule has 0 saturated carbocycles. The average molecular weight is 360 g/mol. The van der Waals surface area contributed by atoms with Crippen LogP contribution in [0.25, 0.3) is 22.0 Å². The van der Waals surface area contributed by atoms with Crippen LogP contribution in [-0.2, 0) is 0 Å². The van der Waals surface area contributed by atoms with Gasteiger partial charge in [-0.05, 0) is 35.7 Å². The Morgan fingerprint density at radius 3 is 2.67 bits per heavy atom. The predicted octanol–water partition coefficient (Wildman–Crippen LogP) is 2.94. The quantitative estimate of drug-likeness (QED) is 0.778. The number of fused-ring (bicyclic) bond motifs is 1. The molecule has 0 spiro atoms. The number of anilines is 1. The molecular formula is C22H24N4O. The molecule has 2 atom stereocenters. The Labute approximate surface area is 159 Å². The summed E-state index contributed by atoms with van der Waals surface area (Å²) in [5, 5.41) is 12.3. The first kappa shape index (κ1) is 16.7. The normalized spacial score (nSPS) is 23.4. The summed E-state index contributed by atoms with van der Waals surface area (Å²) in [5.74, 6) is 0.808. The lowest BCUT2D eigenvalue weighted by Gasteiger charge is -2.23. The van der Waals surface area contributed by atoms with Gasteiger partial charge in [0.2, 0.25) is 5.95 Å². The molecule has 5 rings (SSSR count). The minimum absolute atomic E-state index is 0.161. The molecule has 2 saturated heterocycles. The minimum Gasteiger partial charge on any atom is -0.392 e. The third-order valence-corrected chi connectivity index (χ3v) is 5.85. The van der Waals surface area contributed by atoms with Gasteiger partial charge in [0, 0.05) is 44.0 Å². The summed E-state index contributed by atoms with van der Waals surface area (Å²) in [5.41, 5.74) is 2.08. The molecule has 0 amide bonds. The summed E-state index contributed by atoms with van der Waals surface area (Å²) in [6, 6.07) is 17.4. The number of aromatic nitrogens is 2. The van der Waals surface area contributed by atoms with Crippen molar-refractivity contribution in [2.75, 3.05) is 31.1 Å². The maximum Gasteiger partial charge on any atom is 0.225 e. The molecule has 2 fully saturated rings. The van der Waals surface area contributed by atoms with Gasteiger partial charge in [0.15, 0.2) is 0 Å². The highest BCUT2D eigenvalue weighted by atomic mass is 16.3. The molecule has 3 aromatic rings. The Balaban J connectivity index is 1.37. The lowest BCUT2D eigenvalue weighted by Crippen LogP contribution is -2.36. The van der Waals surface area contributed by atoms with E-state index in [4.69, 9.17) is 4.98 Å². The molecule has 138 valence electrons. The zero-order chi connectivity index (χ0) is 18.2. The predicted molar refractivity (Wildman–Crippen MR) is 108 cm³/mol. The standard InChI is InChI=1S/C22H24N4O/c27-20-9-12-25(15-20)19-8-11-26(14-19)22-23-10-7-21(24-22)18-6-5-16-3-1-2-4-17(16)13-18/h1-7,10,13,19-20,27H,8-9,11-12,14-15H2/t19-,20+/m0/s1. The van der Waals surface area contributed by atoms with Crippen LogP contribution in [0, 0.1) is 0 Å². The second-order valence-electron chi connectivity index (χ2n) is 7.63. The summed E-state index contributed by atoms with van der Waals surface area (Å²) in [6.07, 6.45) is 3.70. The highest BCUT2D eigenvalue weighted by Crippen LogP contribution is 2.27. The number of aliphatic hydroxyl groups is 1. The first-order valence-electron chi connectivity index (χ1n) is 9.75. The van der Waals surface area contributed by atoms with Crippen molar-refractivity contribution in [2.24, 2.45) is 0 Å². The molecule has 0 aliphatic carbocycles. The van der Waals surface area contributed by atoms with E-state index in [1.165, 1.54) is 10.8 Å². The largest absolute Gasteiger partial charge is 0.392 e. The van der Waals surface area contributed by atoms with E-state index in [-0.39, 0.29) is 6.10 Å². The second-order valence-corrected chi connectivity index (χ2v) is 7.63. The number of likely N-dealkylation sites (tertiary alicyclic amines) is 1. The Kier molecular flexibility index (Phi) is 4.26. The topological polar surface area (TPSA) is 52.5 Å². The number of β-amino-alcohol motifs (C(OH)–C–C–N with tert-alkyl or cyclic N) is 1. The fraction of sp³-hybridized carbons (Fsp3) is 0.364. The Morgan fingerprint density at radius 1 is 0.926 bits per heavy atom. The van der Waals surface area contributed by atoms with Gasteiger partial charge in [-0.3, -0.25) is 4.90 Å². The van der Waals surface area contributed by atoms with Gasteiger partial charge in [0.05, 0.1) is 11.8 Å². The van der Waals surface area contributed by atoms with Gasteiger partial charge in [-0.15, -0.1) is 0 Å². The lowest BCUT2D eigenvalue weighted by atomic mass is 10.1. The van der Waals surface area contributed by atoms with E-state index in [1.54, 1.807) is 0 Å². The average Bonchev–Trinajstić information content (AvgIpc) is 3.37. The van der Waals surface area contributed by atoms with Crippen LogP contribution < -0.4 is 4.90 Å². The van der Waals surface area contributed by atoms with Crippen LogP contribution in [0.2, 0.25) is 0 Å². The van der Waals surface area contributed by atoms with Crippen molar-refractivity contribution in [3.8, 4) is 11.3 Å². The Hall–Kier alpha value is -2.50. The zero-order valence-corrected chi connectivity index (χ0v) is 15.3. The summed E-state index contributed by atoms with van der Waals surface area (Å²) >= 11 is 0. The van der Waals surface area contributed by atoms with Crippen molar-refractivity contribution in [3.05, 3.63) is 54.7 Å². The summed E-state index contributed by atoms with van der Waals surface area (Å²) < 4.78 is 0. The highest BCUT2D eigenvalue weighted by Gasteiger charge is 2.33. The van der Waals surface area contributed by atoms with Crippen LogP contribution in [0.15, 0.2) is 54.7 Å². The molecule has 0 radical (unpaired) electrons. The number of aliphatic hydroxyl groups excluding tert-OH is 1. The molecule has 2 aliphatic rings. The zero-order valence-electron chi connectivity index (χ0n) is 15.3. The number of nitrogens with zero attached hydrogens (tertiary/aromatic N) is 4. The number of rotatable bonds is 3.